The van der Waals surface area contributed by atoms with Gasteiger partial charge in [-0.1, -0.05) is 46.6 Å². The lowest BCUT2D eigenvalue weighted by molar-refractivity contribution is -0.123. The Labute approximate surface area is 188 Å². The smallest absolute Gasteiger partial charge is 0.329 e. The van der Waals surface area contributed by atoms with Gasteiger partial charge in [-0.25, -0.2) is 4.79 Å². The number of halogens is 2. The number of carbonyl (C=O) groups excluding carboxylic acids is 2. The van der Waals surface area contributed by atoms with E-state index in [1.165, 1.54) is 7.11 Å². The maximum absolute atomic E-state index is 12.8. The molecule has 1 saturated heterocycles. The molecule has 158 valence electrons. The molecule has 1 aliphatic heterocycles. The number of nitrogens with zero attached hydrogens (tertiary/aromatic N) is 1. The Kier molecular flexibility index (Phi) is 7.05. The standard InChI is InChI=1S/C22H22BrClN2O4/c1-4-13(2)30-20-17(24)9-15(11-19(20)29-3)10-18-21(27)26(22(28)25-18)12-14-5-7-16(23)8-6-14/h5-11,13H,4,12H2,1-3H3,(H,25,28)/b18-10+/t13-/m1/s1. The van der Waals surface area contributed by atoms with Crippen LogP contribution in [0.4, 0.5) is 4.79 Å². The summed E-state index contributed by atoms with van der Waals surface area (Å²) in [6.07, 6.45) is 2.37. The van der Waals surface area contributed by atoms with Gasteiger partial charge >= 0.3 is 6.03 Å². The summed E-state index contributed by atoms with van der Waals surface area (Å²) in [5.74, 6) is 0.505. The fourth-order valence-electron chi connectivity index (χ4n) is 2.88. The topological polar surface area (TPSA) is 67.9 Å². The predicted molar refractivity (Wildman–Crippen MR) is 120 cm³/mol. The molecule has 2 aromatic carbocycles. The van der Waals surface area contributed by atoms with Crippen molar-refractivity contribution in [2.45, 2.75) is 32.9 Å². The van der Waals surface area contributed by atoms with Crippen molar-refractivity contribution in [1.82, 2.24) is 10.2 Å². The van der Waals surface area contributed by atoms with Crippen LogP contribution < -0.4 is 14.8 Å². The number of hydrogen-bond donors (Lipinski definition) is 1. The Morgan fingerprint density at radius 3 is 2.57 bits per heavy atom. The summed E-state index contributed by atoms with van der Waals surface area (Å²) in [6, 6.07) is 10.4. The van der Waals surface area contributed by atoms with Crippen LogP contribution in [0.15, 0.2) is 46.6 Å². The van der Waals surface area contributed by atoms with Crippen LogP contribution in [0.3, 0.4) is 0 Å². The van der Waals surface area contributed by atoms with Gasteiger partial charge in [-0.2, -0.15) is 0 Å². The van der Waals surface area contributed by atoms with Gasteiger partial charge in [-0.3, -0.25) is 9.69 Å². The third-order valence-corrected chi connectivity index (χ3v) is 5.48. The van der Waals surface area contributed by atoms with Crippen LogP contribution in [-0.2, 0) is 11.3 Å². The fraction of sp³-hybridized carbons (Fsp3) is 0.273. The van der Waals surface area contributed by atoms with Gasteiger partial charge in [0.25, 0.3) is 5.91 Å². The van der Waals surface area contributed by atoms with Gasteiger partial charge in [-0.15, -0.1) is 0 Å². The molecule has 0 saturated carbocycles. The zero-order valence-electron chi connectivity index (χ0n) is 16.9. The van der Waals surface area contributed by atoms with E-state index < -0.39 is 11.9 Å². The van der Waals surface area contributed by atoms with Crippen molar-refractivity contribution in [3.05, 3.63) is 62.7 Å². The molecule has 0 aliphatic carbocycles. The van der Waals surface area contributed by atoms with Crippen LogP contribution >= 0.6 is 27.5 Å². The molecule has 3 rings (SSSR count). The third-order valence-electron chi connectivity index (χ3n) is 4.67. The summed E-state index contributed by atoms with van der Waals surface area (Å²) in [6.45, 7) is 4.14. The first-order valence-corrected chi connectivity index (χ1v) is 10.6. The Morgan fingerprint density at radius 2 is 1.93 bits per heavy atom. The van der Waals surface area contributed by atoms with E-state index in [0.29, 0.717) is 22.1 Å². The average molecular weight is 494 g/mol. The molecule has 0 aromatic heterocycles. The van der Waals surface area contributed by atoms with Crippen LogP contribution in [-0.4, -0.2) is 30.1 Å². The van der Waals surface area contributed by atoms with Crippen LogP contribution in [0.5, 0.6) is 11.5 Å². The van der Waals surface area contributed by atoms with E-state index >= 15 is 0 Å². The summed E-state index contributed by atoms with van der Waals surface area (Å²) < 4.78 is 12.2. The van der Waals surface area contributed by atoms with Gasteiger partial charge in [0.05, 0.1) is 24.8 Å². The molecule has 2 aromatic rings. The van der Waals surface area contributed by atoms with E-state index in [-0.39, 0.29) is 18.3 Å². The molecule has 0 spiro atoms. The summed E-state index contributed by atoms with van der Waals surface area (Å²) in [5.41, 5.74) is 1.63. The largest absolute Gasteiger partial charge is 0.493 e. The van der Waals surface area contributed by atoms with E-state index in [0.717, 1.165) is 21.4 Å². The molecular formula is C22H22BrClN2O4. The van der Waals surface area contributed by atoms with Crippen molar-refractivity contribution in [3.63, 3.8) is 0 Å². The van der Waals surface area contributed by atoms with E-state index in [2.05, 4.69) is 21.2 Å². The highest BCUT2D eigenvalue weighted by Gasteiger charge is 2.33. The molecule has 0 radical (unpaired) electrons. The monoisotopic (exact) mass is 492 g/mol. The van der Waals surface area contributed by atoms with Crippen LogP contribution in [0.25, 0.3) is 6.08 Å². The predicted octanol–water partition coefficient (Wildman–Crippen LogP) is 5.38. The zero-order valence-corrected chi connectivity index (χ0v) is 19.2. The summed E-state index contributed by atoms with van der Waals surface area (Å²) in [5, 5.41) is 2.99. The van der Waals surface area contributed by atoms with E-state index in [1.54, 1.807) is 18.2 Å². The number of carbonyl (C=O) groups is 2. The number of amides is 3. The highest BCUT2D eigenvalue weighted by atomic mass is 79.9. The first-order chi connectivity index (χ1) is 14.3. The van der Waals surface area contributed by atoms with Gasteiger partial charge < -0.3 is 14.8 Å². The third kappa shape index (κ3) is 4.96. The van der Waals surface area contributed by atoms with Crippen molar-refractivity contribution >= 4 is 45.5 Å². The maximum Gasteiger partial charge on any atom is 0.329 e. The first-order valence-electron chi connectivity index (χ1n) is 9.45. The number of methoxy groups -OCH3 is 1. The SMILES string of the molecule is CC[C@@H](C)Oc1c(Cl)cc(/C=C2/NC(=O)N(Cc3ccc(Br)cc3)C2=O)cc1OC. The highest BCUT2D eigenvalue weighted by Crippen LogP contribution is 2.38. The van der Waals surface area contributed by atoms with Gasteiger partial charge in [0.2, 0.25) is 0 Å². The number of imide groups is 1. The van der Waals surface area contributed by atoms with Crippen molar-refractivity contribution in [1.29, 1.82) is 0 Å². The van der Waals surface area contributed by atoms with E-state index in [4.69, 9.17) is 21.1 Å². The van der Waals surface area contributed by atoms with E-state index in [1.807, 2.05) is 38.1 Å². The second-order valence-electron chi connectivity index (χ2n) is 6.88. The number of ether oxygens (including phenoxy) is 2. The number of rotatable bonds is 7. The van der Waals surface area contributed by atoms with Crippen LogP contribution in [0.2, 0.25) is 5.02 Å². The normalized spacial score (nSPS) is 16.0. The second-order valence-corrected chi connectivity index (χ2v) is 8.20. The fourth-order valence-corrected chi connectivity index (χ4v) is 3.40. The summed E-state index contributed by atoms with van der Waals surface area (Å²) in [4.78, 5) is 26.2. The molecule has 8 heteroatoms. The lowest BCUT2D eigenvalue weighted by Crippen LogP contribution is -2.30. The van der Waals surface area contributed by atoms with Gasteiger partial charge in [0.1, 0.15) is 5.70 Å². The van der Waals surface area contributed by atoms with E-state index in [9.17, 15) is 9.59 Å². The minimum atomic E-state index is -0.469. The molecule has 3 amide bonds. The van der Waals surface area contributed by atoms with Crippen molar-refractivity contribution in [2.75, 3.05) is 7.11 Å². The Hall–Kier alpha value is -2.51. The second kappa shape index (κ2) is 9.53. The molecule has 1 N–H and O–H groups in total. The molecule has 30 heavy (non-hydrogen) atoms. The molecule has 1 atom stereocenters. The quantitative estimate of drug-likeness (QED) is 0.415. The lowest BCUT2D eigenvalue weighted by atomic mass is 10.1. The summed E-state index contributed by atoms with van der Waals surface area (Å²) in [7, 11) is 1.52. The van der Waals surface area contributed by atoms with Crippen LogP contribution in [0, 0.1) is 0 Å². The Morgan fingerprint density at radius 1 is 1.23 bits per heavy atom. The average Bonchev–Trinajstić information content (AvgIpc) is 2.98. The van der Waals surface area contributed by atoms with Gasteiger partial charge in [0.15, 0.2) is 11.5 Å². The zero-order chi connectivity index (χ0) is 21.8. The molecule has 1 heterocycles. The highest BCUT2D eigenvalue weighted by molar-refractivity contribution is 9.10. The first kappa shape index (κ1) is 22.2. The molecular weight excluding hydrogens is 472 g/mol. The van der Waals surface area contributed by atoms with Gasteiger partial charge in [-0.05, 0) is 54.8 Å². The number of hydrogen-bond acceptors (Lipinski definition) is 4. The minimum absolute atomic E-state index is 0.0246. The summed E-state index contributed by atoms with van der Waals surface area (Å²) >= 11 is 9.76. The number of nitrogens with one attached hydrogen (secondary N) is 1. The van der Waals surface area contributed by atoms with Crippen LogP contribution in [0.1, 0.15) is 31.4 Å². The van der Waals surface area contributed by atoms with Crippen molar-refractivity contribution in [2.24, 2.45) is 0 Å². The number of benzene rings is 2. The molecule has 0 bridgehead atoms. The molecule has 0 unspecified atom stereocenters. The van der Waals surface area contributed by atoms with Crippen molar-refractivity contribution in [3.8, 4) is 11.5 Å². The Balaban J connectivity index is 1.84. The van der Waals surface area contributed by atoms with Gasteiger partial charge in [0, 0.05) is 4.47 Å². The molecule has 6 nitrogen and oxygen atoms in total. The molecule has 1 fully saturated rings. The maximum atomic E-state index is 12.8. The van der Waals surface area contributed by atoms with Crippen molar-refractivity contribution < 1.29 is 19.1 Å². The number of urea groups is 1. The Bertz CT molecular complexity index is 991. The molecule has 1 aliphatic rings. The minimum Gasteiger partial charge on any atom is -0.493 e. The lowest BCUT2D eigenvalue weighted by Gasteiger charge is -2.17.